The molecular weight excluding hydrogens is 404 g/mol. The van der Waals surface area contributed by atoms with Crippen LogP contribution in [0.1, 0.15) is 15.9 Å². The molecule has 0 spiro atoms. The number of carbonyl (C=O) groups excluding carboxylic acids is 1. The van der Waals surface area contributed by atoms with E-state index in [1.54, 1.807) is 42.5 Å². The Morgan fingerprint density at radius 2 is 1.57 bits per heavy atom. The number of anilines is 2. The van der Waals surface area contributed by atoms with E-state index < -0.39 is 15.9 Å². The van der Waals surface area contributed by atoms with E-state index in [2.05, 4.69) is 10.0 Å². The Kier molecular flexibility index (Phi) is 6.27. The molecule has 156 valence electrons. The molecule has 0 bridgehead atoms. The van der Waals surface area contributed by atoms with Crippen molar-refractivity contribution in [1.29, 1.82) is 0 Å². The molecule has 8 heteroatoms. The first-order chi connectivity index (χ1) is 14.3. The summed E-state index contributed by atoms with van der Waals surface area (Å²) in [5.41, 5.74) is 2.08. The smallest absolute Gasteiger partial charge is 0.261 e. The van der Waals surface area contributed by atoms with Crippen molar-refractivity contribution in [3.8, 4) is 11.5 Å². The van der Waals surface area contributed by atoms with Crippen LogP contribution in [0.4, 0.5) is 11.4 Å². The van der Waals surface area contributed by atoms with Crippen LogP contribution in [-0.2, 0) is 10.0 Å². The highest BCUT2D eigenvalue weighted by atomic mass is 32.2. The molecular formula is C22H22N2O5S. The SMILES string of the molecule is COc1ccc(NC(=O)c2cccc(S(=O)(=O)Nc3cccc(C)c3)c2)cc1OC. The zero-order valence-electron chi connectivity index (χ0n) is 16.8. The van der Waals surface area contributed by atoms with Crippen LogP contribution in [0, 0.1) is 6.92 Å². The third-order valence-corrected chi connectivity index (χ3v) is 5.70. The van der Waals surface area contributed by atoms with E-state index >= 15 is 0 Å². The Labute approximate surface area is 175 Å². The fourth-order valence-electron chi connectivity index (χ4n) is 2.84. The molecule has 3 aromatic rings. The summed E-state index contributed by atoms with van der Waals surface area (Å²) >= 11 is 0. The minimum Gasteiger partial charge on any atom is -0.493 e. The van der Waals surface area contributed by atoms with Crippen molar-refractivity contribution in [2.45, 2.75) is 11.8 Å². The maximum Gasteiger partial charge on any atom is 0.261 e. The number of aryl methyl sites for hydroxylation is 1. The van der Waals surface area contributed by atoms with Crippen LogP contribution in [0.15, 0.2) is 71.6 Å². The number of benzene rings is 3. The maximum absolute atomic E-state index is 12.7. The van der Waals surface area contributed by atoms with Gasteiger partial charge in [0.05, 0.1) is 19.1 Å². The number of hydrogen-bond acceptors (Lipinski definition) is 5. The molecule has 0 heterocycles. The van der Waals surface area contributed by atoms with Gasteiger partial charge >= 0.3 is 0 Å². The predicted molar refractivity (Wildman–Crippen MR) is 116 cm³/mol. The zero-order valence-corrected chi connectivity index (χ0v) is 17.6. The van der Waals surface area contributed by atoms with E-state index in [4.69, 9.17) is 9.47 Å². The van der Waals surface area contributed by atoms with Gasteiger partial charge in [-0.2, -0.15) is 0 Å². The van der Waals surface area contributed by atoms with E-state index in [0.29, 0.717) is 22.9 Å². The minimum absolute atomic E-state index is 0.0102. The van der Waals surface area contributed by atoms with Gasteiger partial charge in [-0.25, -0.2) is 8.42 Å². The molecule has 0 aliphatic heterocycles. The monoisotopic (exact) mass is 426 g/mol. The Morgan fingerprint density at radius 3 is 2.27 bits per heavy atom. The molecule has 0 saturated carbocycles. The van der Waals surface area contributed by atoms with Gasteiger partial charge in [-0.05, 0) is 55.0 Å². The molecule has 0 fully saturated rings. The molecule has 0 saturated heterocycles. The molecule has 30 heavy (non-hydrogen) atoms. The first-order valence-electron chi connectivity index (χ1n) is 9.05. The predicted octanol–water partition coefficient (Wildman–Crippen LogP) is 4.07. The van der Waals surface area contributed by atoms with Crippen molar-refractivity contribution in [2.24, 2.45) is 0 Å². The number of ether oxygens (including phenoxy) is 2. The quantitative estimate of drug-likeness (QED) is 0.594. The average molecular weight is 426 g/mol. The second-order valence-corrected chi connectivity index (χ2v) is 8.21. The second kappa shape index (κ2) is 8.87. The fraction of sp³-hybridized carbons (Fsp3) is 0.136. The molecule has 0 aliphatic carbocycles. The van der Waals surface area contributed by atoms with Gasteiger partial charge in [-0.15, -0.1) is 0 Å². The maximum atomic E-state index is 12.7. The number of amides is 1. The molecule has 1 amide bonds. The third-order valence-electron chi connectivity index (χ3n) is 4.32. The highest BCUT2D eigenvalue weighted by Gasteiger charge is 2.17. The lowest BCUT2D eigenvalue weighted by Gasteiger charge is -2.12. The van der Waals surface area contributed by atoms with Gasteiger partial charge in [-0.1, -0.05) is 18.2 Å². The summed E-state index contributed by atoms with van der Waals surface area (Å²) in [5.74, 6) is 0.551. The van der Waals surface area contributed by atoms with Gasteiger partial charge in [0, 0.05) is 23.0 Å². The Balaban J connectivity index is 1.81. The normalized spacial score (nSPS) is 10.9. The van der Waals surface area contributed by atoms with Crippen LogP contribution < -0.4 is 19.5 Å². The summed E-state index contributed by atoms with van der Waals surface area (Å²) in [5, 5.41) is 2.73. The number of hydrogen-bond donors (Lipinski definition) is 2. The molecule has 0 radical (unpaired) electrons. The minimum atomic E-state index is -3.85. The van der Waals surface area contributed by atoms with E-state index in [1.165, 1.54) is 32.4 Å². The van der Waals surface area contributed by atoms with Gasteiger partial charge < -0.3 is 14.8 Å². The third kappa shape index (κ3) is 4.90. The molecule has 0 unspecified atom stereocenters. The molecule has 0 atom stereocenters. The van der Waals surface area contributed by atoms with Crippen LogP contribution in [0.3, 0.4) is 0 Å². The first kappa shape index (κ1) is 21.2. The second-order valence-electron chi connectivity index (χ2n) is 6.53. The molecule has 2 N–H and O–H groups in total. The highest BCUT2D eigenvalue weighted by molar-refractivity contribution is 7.92. The molecule has 7 nitrogen and oxygen atoms in total. The van der Waals surface area contributed by atoms with Crippen LogP contribution in [0.5, 0.6) is 11.5 Å². The fourth-order valence-corrected chi connectivity index (χ4v) is 3.94. The number of methoxy groups -OCH3 is 2. The molecule has 3 rings (SSSR count). The Morgan fingerprint density at radius 1 is 0.833 bits per heavy atom. The van der Waals surface area contributed by atoms with Crippen LogP contribution in [0.25, 0.3) is 0 Å². The standard InChI is InChI=1S/C22H22N2O5S/c1-15-6-4-8-18(12-15)24-30(26,27)19-9-5-7-16(13-19)22(25)23-17-10-11-20(28-2)21(14-17)29-3/h4-14,24H,1-3H3,(H,23,25). The van der Waals surface area contributed by atoms with Crippen LogP contribution in [0.2, 0.25) is 0 Å². The summed E-state index contributed by atoms with van der Waals surface area (Å²) in [4.78, 5) is 12.6. The van der Waals surface area contributed by atoms with Gasteiger partial charge in [0.2, 0.25) is 0 Å². The van der Waals surface area contributed by atoms with Gasteiger partial charge in [0.15, 0.2) is 11.5 Å². The van der Waals surface area contributed by atoms with Crippen molar-refractivity contribution >= 4 is 27.3 Å². The summed E-state index contributed by atoms with van der Waals surface area (Å²) in [6, 6.07) is 17.8. The Hall–Kier alpha value is -3.52. The van der Waals surface area contributed by atoms with Gasteiger partial charge in [0.1, 0.15) is 0 Å². The summed E-state index contributed by atoms with van der Waals surface area (Å²) in [7, 11) is -0.825. The van der Waals surface area contributed by atoms with Crippen molar-refractivity contribution in [1.82, 2.24) is 0 Å². The van der Waals surface area contributed by atoms with Crippen LogP contribution in [-0.4, -0.2) is 28.5 Å². The topological polar surface area (TPSA) is 93.7 Å². The van der Waals surface area contributed by atoms with E-state index in [0.717, 1.165) is 5.56 Å². The summed E-state index contributed by atoms with van der Waals surface area (Å²) in [6.07, 6.45) is 0. The van der Waals surface area contributed by atoms with E-state index in [1.807, 2.05) is 13.0 Å². The van der Waals surface area contributed by atoms with Crippen molar-refractivity contribution < 1.29 is 22.7 Å². The molecule has 0 aliphatic rings. The van der Waals surface area contributed by atoms with Crippen molar-refractivity contribution in [3.63, 3.8) is 0 Å². The van der Waals surface area contributed by atoms with Crippen molar-refractivity contribution in [2.75, 3.05) is 24.3 Å². The largest absolute Gasteiger partial charge is 0.493 e. The first-order valence-corrected chi connectivity index (χ1v) is 10.5. The number of sulfonamides is 1. The molecule has 0 aromatic heterocycles. The number of rotatable bonds is 7. The lowest BCUT2D eigenvalue weighted by Crippen LogP contribution is -2.16. The highest BCUT2D eigenvalue weighted by Crippen LogP contribution is 2.30. The Bertz CT molecular complexity index is 1180. The lowest BCUT2D eigenvalue weighted by atomic mass is 10.2. The molecule has 3 aromatic carbocycles. The van der Waals surface area contributed by atoms with Gasteiger partial charge in [0.25, 0.3) is 15.9 Å². The number of carbonyl (C=O) groups is 1. The summed E-state index contributed by atoms with van der Waals surface area (Å²) in [6.45, 7) is 1.87. The van der Waals surface area contributed by atoms with E-state index in [9.17, 15) is 13.2 Å². The average Bonchev–Trinajstić information content (AvgIpc) is 2.73. The van der Waals surface area contributed by atoms with E-state index in [-0.39, 0.29) is 10.5 Å². The zero-order chi connectivity index (χ0) is 21.7. The van der Waals surface area contributed by atoms with Gasteiger partial charge in [-0.3, -0.25) is 9.52 Å². The number of nitrogens with one attached hydrogen (secondary N) is 2. The van der Waals surface area contributed by atoms with Crippen molar-refractivity contribution in [3.05, 3.63) is 77.9 Å². The lowest BCUT2D eigenvalue weighted by molar-refractivity contribution is 0.102. The van der Waals surface area contributed by atoms with Crippen LogP contribution >= 0.6 is 0 Å². The summed E-state index contributed by atoms with van der Waals surface area (Å²) < 4.78 is 38.4.